The molecule has 0 unspecified atom stereocenters. The van der Waals surface area contributed by atoms with E-state index in [1.165, 1.54) is 16.7 Å². The molecule has 2 heteroatoms. The van der Waals surface area contributed by atoms with Gasteiger partial charge in [-0.1, -0.05) is 45.8 Å². The first-order valence-corrected chi connectivity index (χ1v) is 7.17. The molecule has 3 aromatic carbocycles. The monoisotopic (exact) mass is 368 g/mol. The predicted octanol–water partition coefficient (Wildman–Crippen LogP) is 5.47. The average molecular weight is 369 g/mol. The molecule has 0 aliphatic carbocycles. The van der Waals surface area contributed by atoms with Crippen molar-refractivity contribution in [2.24, 2.45) is 0 Å². The minimum atomic E-state index is 0. The maximum absolute atomic E-state index is 3.28. The summed E-state index contributed by atoms with van der Waals surface area (Å²) < 4.78 is 1.16. The molecule has 0 atom stereocenters. The second-order valence-corrected chi connectivity index (χ2v) is 5.48. The van der Waals surface area contributed by atoms with Gasteiger partial charge in [-0.2, -0.15) is 35.9 Å². The van der Waals surface area contributed by atoms with E-state index < -0.39 is 0 Å². The molecule has 0 bridgehead atoms. The Balaban J connectivity index is 0.000000243. The van der Waals surface area contributed by atoms with Crippen LogP contribution in [0, 0.1) is 6.92 Å². The molecule has 0 nitrogen and oxygen atoms in total. The van der Waals surface area contributed by atoms with Gasteiger partial charge < -0.3 is 0 Å². The summed E-state index contributed by atoms with van der Waals surface area (Å²) in [6.45, 7) is 2.13. The summed E-state index contributed by atoms with van der Waals surface area (Å²) in [5, 5.41) is 0. The van der Waals surface area contributed by atoms with Crippen LogP contribution in [0.3, 0.4) is 0 Å². The van der Waals surface area contributed by atoms with Crippen LogP contribution in [0.15, 0.2) is 77.3 Å². The third kappa shape index (κ3) is 5.92. The van der Waals surface area contributed by atoms with Gasteiger partial charge in [-0.05, 0) is 18.9 Å². The van der Waals surface area contributed by atoms with Crippen molar-refractivity contribution in [2.75, 3.05) is 0 Å². The Morgan fingerprint density at radius 2 is 1.70 bits per heavy atom. The summed E-state index contributed by atoms with van der Waals surface area (Å²) in [6.07, 6.45) is 1.05. The summed E-state index contributed by atoms with van der Waals surface area (Å²) in [7, 11) is 0. The number of hydrogen-bond acceptors (Lipinski definition) is 0. The van der Waals surface area contributed by atoms with Crippen molar-refractivity contribution >= 4 is 15.9 Å². The Morgan fingerprint density at radius 3 is 2.20 bits per heavy atom. The van der Waals surface area contributed by atoms with Crippen molar-refractivity contribution < 1.29 is 17.1 Å². The molecule has 20 heavy (non-hydrogen) atoms. The molecule has 0 heterocycles. The van der Waals surface area contributed by atoms with E-state index in [2.05, 4.69) is 71.4 Å². The van der Waals surface area contributed by atoms with Crippen LogP contribution in [0.2, 0.25) is 0 Å². The van der Waals surface area contributed by atoms with Gasteiger partial charge in [0.1, 0.15) is 0 Å². The van der Waals surface area contributed by atoms with Gasteiger partial charge in [0, 0.05) is 0 Å². The van der Waals surface area contributed by atoms with Crippen LogP contribution >= 0.6 is 15.9 Å². The Morgan fingerprint density at radius 1 is 0.950 bits per heavy atom. The summed E-state index contributed by atoms with van der Waals surface area (Å²) in [4.78, 5) is 0. The summed E-state index contributed by atoms with van der Waals surface area (Å²) in [5.41, 5.74) is 4.13. The molecule has 0 spiro atoms. The summed E-state index contributed by atoms with van der Waals surface area (Å²) in [5.74, 6) is 0. The molecule has 0 saturated carbocycles. The molecule has 0 aliphatic heterocycles. The normalized spacial score (nSPS) is 9.30. The molecule has 0 amide bonds. The molecule has 0 saturated heterocycles. The fourth-order valence-corrected chi connectivity index (χ4v) is 2.25. The van der Waals surface area contributed by atoms with Crippen molar-refractivity contribution in [3.63, 3.8) is 0 Å². The zero-order valence-electron chi connectivity index (χ0n) is 11.4. The largest absolute Gasteiger partial charge is 2.00 e. The van der Waals surface area contributed by atoms with Crippen LogP contribution in [-0.4, -0.2) is 0 Å². The minimum Gasteiger partial charge on any atom is -0.213 e. The first kappa shape index (κ1) is 17.0. The Hall–Kier alpha value is -1.08. The van der Waals surface area contributed by atoms with Crippen molar-refractivity contribution in [1.29, 1.82) is 0 Å². The molecular formula is C18H17BrFe. The molecular weight excluding hydrogens is 352 g/mol. The first-order chi connectivity index (χ1) is 9.24. The fraction of sp³-hybridized carbons (Fsp3) is 0.111. The van der Waals surface area contributed by atoms with Crippen LogP contribution in [0.1, 0.15) is 16.7 Å². The second-order valence-electron chi connectivity index (χ2n) is 4.56. The number of hydrogen-bond donors (Lipinski definition) is 0. The smallest absolute Gasteiger partial charge is 0.213 e. The van der Waals surface area contributed by atoms with Gasteiger partial charge >= 0.3 is 17.1 Å². The van der Waals surface area contributed by atoms with Crippen molar-refractivity contribution in [3.05, 3.63) is 94.0 Å². The van der Waals surface area contributed by atoms with Crippen molar-refractivity contribution in [3.8, 4) is 0 Å². The topological polar surface area (TPSA) is 0 Å². The maximum atomic E-state index is 3.28. The minimum absolute atomic E-state index is 0. The molecule has 0 N–H and O–H groups in total. The molecule has 0 radical (unpaired) electrons. The maximum Gasteiger partial charge on any atom is 2.00 e. The van der Waals surface area contributed by atoms with Crippen LogP contribution in [0.4, 0.5) is 0 Å². The third-order valence-corrected chi connectivity index (χ3v) is 3.37. The van der Waals surface area contributed by atoms with Gasteiger partial charge in [-0.25, -0.2) is 18.2 Å². The van der Waals surface area contributed by atoms with E-state index in [0.29, 0.717) is 0 Å². The van der Waals surface area contributed by atoms with E-state index in [0.717, 1.165) is 10.9 Å². The number of rotatable bonds is 2. The van der Waals surface area contributed by atoms with Gasteiger partial charge in [0.25, 0.3) is 0 Å². The van der Waals surface area contributed by atoms with Gasteiger partial charge in [0.05, 0.1) is 0 Å². The molecule has 0 aliphatic rings. The zero-order valence-corrected chi connectivity index (χ0v) is 14.1. The molecule has 3 rings (SSSR count). The van der Waals surface area contributed by atoms with Gasteiger partial charge in [-0.3, -0.25) is 0 Å². The fourth-order valence-electron chi connectivity index (χ4n) is 1.94. The Labute approximate surface area is 140 Å². The zero-order chi connectivity index (χ0) is 13.5. The molecule has 3 aromatic rings. The van der Waals surface area contributed by atoms with Gasteiger partial charge in [0.15, 0.2) is 0 Å². The van der Waals surface area contributed by atoms with E-state index in [1.807, 2.05) is 24.3 Å². The molecule has 104 valence electrons. The van der Waals surface area contributed by atoms with Crippen molar-refractivity contribution in [1.82, 2.24) is 0 Å². The summed E-state index contributed by atoms with van der Waals surface area (Å²) >= 11 is 3.28. The molecule has 0 aromatic heterocycles. The van der Waals surface area contributed by atoms with Gasteiger partial charge in [0.2, 0.25) is 0 Å². The van der Waals surface area contributed by atoms with E-state index >= 15 is 0 Å². The quantitative estimate of drug-likeness (QED) is 0.415. The van der Waals surface area contributed by atoms with E-state index in [1.54, 1.807) is 0 Å². The standard InChI is InChI=1S/C13H13.C5H4Br.Fe/c1-11-5-4-8-13(9-11)10-12-6-2-3-7-12;6-5-3-1-2-4-5;/h2-9H,10H2,1H3;1-4H;/q2*-1;+2. The first-order valence-electron chi connectivity index (χ1n) is 6.37. The number of benzene rings is 1. The van der Waals surface area contributed by atoms with Crippen LogP contribution < -0.4 is 0 Å². The van der Waals surface area contributed by atoms with Crippen LogP contribution in [-0.2, 0) is 23.5 Å². The SMILES string of the molecule is Brc1ccc[cH-]1.Cc1cccc(Cc2ccc[cH-]2)c1.[Fe+2]. The average Bonchev–Trinajstić information content (AvgIpc) is 3.04. The van der Waals surface area contributed by atoms with Crippen LogP contribution in [0.25, 0.3) is 0 Å². The van der Waals surface area contributed by atoms with Crippen molar-refractivity contribution in [2.45, 2.75) is 13.3 Å². The number of aryl methyl sites for hydroxylation is 1. The molecule has 0 fully saturated rings. The summed E-state index contributed by atoms with van der Waals surface area (Å²) in [6, 6.07) is 25.2. The predicted molar refractivity (Wildman–Crippen MR) is 85.8 cm³/mol. The van der Waals surface area contributed by atoms with Gasteiger partial charge in [-0.15, -0.1) is 4.47 Å². The number of halogens is 1. The Bertz CT molecular complexity index is 580. The Kier molecular flexibility index (Phi) is 7.61. The van der Waals surface area contributed by atoms with E-state index in [-0.39, 0.29) is 17.1 Å². The van der Waals surface area contributed by atoms with Crippen LogP contribution in [0.5, 0.6) is 0 Å². The third-order valence-electron chi connectivity index (χ3n) is 2.84. The van der Waals surface area contributed by atoms with E-state index in [4.69, 9.17) is 0 Å². The van der Waals surface area contributed by atoms with E-state index in [9.17, 15) is 0 Å². The second kappa shape index (κ2) is 8.97.